The van der Waals surface area contributed by atoms with Crippen LogP contribution >= 0.6 is 0 Å². The molecule has 0 atom stereocenters. The second-order valence-corrected chi connectivity index (χ2v) is 59.9. The van der Waals surface area contributed by atoms with Crippen LogP contribution in [0.5, 0.6) is 0 Å². The predicted octanol–water partition coefficient (Wildman–Crippen LogP) is 4.53. The topological polar surface area (TPSA) is 166 Å². The summed E-state index contributed by atoms with van der Waals surface area (Å²) in [4.78, 5) is 0. The molecule has 8 aliphatic rings. The van der Waals surface area contributed by atoms with Gasteiger partial charge in [-0.2, -0.15) is 0 Å². The number of benzene rings is 12. The first-order chi connectivity index (χ1) is 50.0. The van der Waals surface area contributed by atoms with Gasteiger partial charge in [-0.3, -0.25) is 0 Å². The van der Waals surface area contributed by atoms with Crippen molar-refractivity contribution in [1.82, 2.24) is 0 Å². The summed E-state index contributed by atoms with van der Waals surface area (Å²) in [6.07, 6.45) is 0. The summed E-state index contributed by atoms with van der Waals surface area (Å²) in [6.45, 7) is 0. The molecule has 20 rings (SSSR count). The molecule has 0 N–H and O–H groups in total. The molecule has 8 heterocycles. The van der Waals surface area contributed by atoms with Gasteiger partial charge in [0, 0.05) is 62.2 Å². The summed E-state index contributed by atoms with van der Waals surface area (Å²) in [5.41, 5.74) is 0. The minimum Gasteiger partial charge on any atom is -0.366 e. The minimum atomic E-state index is -5.58. The Kier molecular flexibility index (Phi) is 16.1. The highest BCUT2D eigenvalue weighted by molar-refractivity contribution is 7.16. The van der Waals surface area contributed by atoms with E-state index in [2.05, 4.69) is 0 Å². The molecule has 8 saturated heterocycles. The Morgan fingerprint density at radius 3 is 0.206 bits per heavy atom. The van der Waals surface area contributed by atoms with E-state index in [4.69, 9.17) is 74.1 Å². The maximum absolute atomic E-state index is 8.88. The van der Waals surface area contributed by atoms with Gasteiger partial charge in [0.25, 0.3) is 0 Å². The summed E-state index contributed by atoms with van der Waals surface area (Å²) >= 11 is 0. The SMILES string of the molecule is c1ccc([Si]23O[Si]4(c5ccccc5)O[Si]5(c6ccccc6)O[Si](c6ccccc6)(O2)O[Si]2(c6ccccc6)O[Si]6(c7ccccc7)O[Si]7(c8ccccc8)O[Si](c8ccccc8)(O2)O[Si](c2ccccc2)(O3)O[Si](c2ccccc2)(O4)O[Si](c2ccccc2)(O7)O[Si](c2ccccc2)(O6)O5)cc1. The molecule has 0 aromatic heterocycles. The third-order valence-corrected chi connectivity index (χ3v) is 69.5. The smallest absolute Gasteiger partial charge is 0.366 e. The minimum absolute atomic E-state index is 0.387. The van der Waals surface area contributed by atoms with Crippen molar-refractivity contribution in [2.45, 2.75) is 0 Å². The highest BCUT2D eigenvalue weighted by atomic mass is 28.6. The molecule has 504 valence electrons. The van der Waals surface area contributed by atoms with Crippen molar-refractivity contribution < 1.29 is 74.1 Å². The van der Waals surface area contributed by atoms with Crippen molar-refractivity contribution in [2.75, 3.05) is 0 Å². The molecule has 18 nitrogen and oxygen atoms in total. The lowest BCUT2D eigenvalue weighted by molar-refractivity contribution is -0.000642. The third-order valence-electron chi connectivity index (χ3n) is 18.4. The van der Waals surface area contributed by atoms with Crippen LogP contribution in [-0.2, 0) is 74.1 Å². The molecule has 102 heavy (non-hydrogen) atoms. The van der Waals surface area contributed by atoms with Gasteiger partial charge < -0.3 is 74.1 Å². The van der Waals surface area contributed by atoms with Crippen molar-refractivity contribution >= 4 is 168 Å². The number of hydrogen-bond acceptors (Lipinski definition) is 18. The molecule has 8 aliphatic heterocycles. The first kappa shape index (κ1) is 65.3. The zero-order chi connectivity index (χ0) is 68.1. The summed E-state index contributed by atoms with van der Waals surface area (Å²) in [6, 6.07) is 114. The van der Waals surface area contributed by atoms with Gasteiger partial charge in [0.05, 0.1) is 0 Å². The molecule has 8 fully saturated rings. The van der Waals surface area contributed by atoms with Crippen LogP contribution in [0.25, 0.3) is 0 Å². The van der Waals surface area contributed by atoms with E-state index in [1.54, 1.807) is 0 Å². The van der Waals surface area contributed by atoms with Gasteiger partial charge in [0.1, 0.15) is 0 Å². The summed E-state index contributed by atoms with van der Waals surface area (Å²) in [7, 11) is -66.4. The highest BCUT2D eigenvalue weighted by Gasteiger charge is 2.88. The van der Waals surface area contributed by atoms with Gasteiger partial charge in [0.15, 0.2) is 0 Å². The Bertz CT molecular complexity index is 4150. The average Bonchev–Trinajstić information content (AvgIpc) is 0.665. The predicted molar refractivity (Wildman–Crippen MR) is 401 cm³/mol. The van der Waals surface area contributed by atoms with Crippen LogP contribution in [0.15, 0.2) is 364 Å². The van der Waals surface area contributed by atoms with E-state index in [9.17, 15) is 0 Å². The molecule has 0 radical (unpaired) electrons. The van der Waals surface area contributed by atoms with Crippen LogP contribution in [0.2, 0.25) is 0 Å². The van der Waals surface area contributed by atoms with Crippen molar-refractivity contribution in [1.29, 1.82) is 0 Å². The molecular formula is C72H60O18Si12. The fourth-order valence-corrected chi connectivity index (χ4v) is 82.9. The lowest BCUT2D eigenvalue weighted by Crippen LogP contribution is -2.96. The zero-order valence-electron chi connectivity index (χ0n) is 54.0. The van der Waals surface area contributed by atoms with Crippen molar-refractivity contribution in [3.8, 4) is 0 Å². The molecule has 0 unspecified atom stereocenters. The van der Waals surface area contributed by atoms with Crippen LogP contribution in [0, 0.1) is 0 Å². The summed E-state index contributed by atoms with van der Waals surface area (Å²) in [5.74, 6) is 0. The number of rotatable bonds is 12. The standard InChI is InChI=1S/C72H60O18Si12/c1-13-37-61(38-14-1)91-73-99(69-53-29-9-30-54-69)76-94(64-43-19-4-20-44-64)83-97(67-49-25-7-26-50-67)79-100(89-99,70-55-31-10-32-56-70)74-92(81-91,62-39-15-2-16-40-62)86-96(66-47-23-6-24-48-66)78-101(71-57-33-11-34-58-71)75-93(85-91,63-41-17-3-18-42-63)82-95(87-94,65-45-21-5-22-46-65)77-102(90-101,72-59-35-12-36-60-72)80-98(84-96,88-97)68-51-27-8-28-52-68/h1-60H. The van der Waals surface area contributed by atoms with Crippen LogP contribution in [-0.4, -0.2) is 106 Å². The van der Waals surface area contributed by atoms with E-state index in [-0.39, 0.29) is 0 Å². The van der Waals surface area contributed by atoms with Crippen molar-refractivity contribution in [3.05, 3.63) is 364 Å². The Morgan fingerprint density at radius 2 is 0.147 bits per heavy atom. The van der Waals surface area contributed by atoms with E-state index in [1.165, 1.54) is 0 Å². The van der Waals surface area contributed by atoms with Gasteiger partial charge >= 0.3 is 106 Å². The Balaban J connectivity index is 1.14. The molecule has 0 saturated carbocycles. The van der Waals surface area contributed by atoms with Gasteiger partial charge in [-0.05, 0) is 0 Å². The summed E-state index contributed by atoms with van der Waals surface area (Å²) in [5, 5.41) is 4.75. The number of hydrogen-bond donors (Lipinski definition) is 0. The van der Waals surface area contributed by atoms with E-state index in [0.29, 0.717) is 62.2 Å². The highest BCUT2D eigenvalue weighted by Crippen LogP contribution is 2.50. The molecule has 30 heteroatoms. The second kappa shape index (κ2) is 25.1. The monoisotopic (exact) mass is 1550 g/mol. The Morgan fingerprint density at radius 1 is 0.0882 bits per heavy atom. The normalized spacial score (nSPS) is 33.6. The molecule has 12 aromatic carbocycles. The maximum atomic E-state index is 8.88. The molecule has 12 bridgehead atoms. The third kappa shape index (κ3) is 10.7. The van der Waals surface area contributed by atoms with E-state index >= 15 is 0 Å². The lowest BCUT2D eigenvalue weighted by atomic mass is 10.4. The first-order valence-corrected chi connectivity index (χ1v) is 54.0. The van der Waals surface area contributed by atoms with Gasteiger partial charge in [-0.1, -0.05) is 364 Å². The van der Waals surface area contributed by atoms with Crippen molar-refractivity contribution in [3.63, 3.8) is 0 Å². The largest absolute Gasteiger partial charge is 0.515 e. The fraction of sp³-hybridized carbons (Fsp3) is 0. The molecule has 0 amide bonds. The van der Waals surface area contributed by atoms with Crippen LogP contribution in [0.1, 0.15) is 0 Å². The van der Waals surface area contributed by atoms with Crippen LogP contribution in [0.3, 0.4) is 0 Å². The average molecular weight is 1550 g/mol. The first-order valence-electron chi connectivity index (χ1n) is 33.3. The fourth-order valence-electron chi connectivity index (χ4n) is 13.8. The van der Waals surface area contributed by atoms with E-state index in [0.717, 1.165) is 0 Å². The van der Waals surface area contributed by atoms with E-state index < -0.39 is 106 Å². The second-order valence-electron chi connectivity index (χ2n) is 24.9. The van der Waals surface area contributed by atoms with E-state index in [1.807, 2.05) is 364 Å². The van der Waals surface area contributed by atoms with Gasteiger partial charge in [0.2, 0.25) is 0 Å². The van der Waals surface area contributed by atoms with Gasteiger partial charge in [-0.15, -0.1) is 0 Å². The van der Waals surface area contributed by atoms with Crippen LogP contribution < -0.4 is 62.2 Å². The Hall–Kier alpha value is -7.48. The molecular weight excluding hydrogens is 1490 g/mol. The van der Waals surface area contributed by atoms with Crippen LogP contribution in [0.4, 0.5) is 0 Å². The van der Waals surface area contributed by atoms with Gasteiger partial charge in [-0.25, -0.2) is 0 Å². The maximum Gasteiger partial charge on any atom is 0.515 e. The summed E-state index contributed by atoms with van der Waals surface area (Å²) < 4.78 is 159. The molecule has 0 spiro atoms. The zero-order valence-corrected chi connectivity index (χ0v) is 66.0. The van der Waals surface area contributed by atoms with Crippen molar-refractivity contribution in [2.24, 2.45) is 0 Å². The quantitative estimate of drug-likeness (QED) is 0.157. The molecule has 0 aliphatic carbocycles. The Labute approximate surface area is 601 Å². The lowest BCUT2D eigenvalue weighted by Gasteiger charge is -2.62. The molecule has 12 aromatic rings.